The van der Waals surface area contributed by atoms with Crippen LogP contribution in [0.2, 0.25) is 0 Å². The number of hydrogen-bond donors (Lipinski definition) is 1. The summed E-state index contributed by atoms with van der Waals surface area (Å²) in [5, 5.41) is 6.79. The third kappa shape index (κ3) is 4.92. The molecular formula is C20H20F3N5O. The lowest BCUT2D eigenvalue weighted by Gasteiger charge is -2.26. The lowest BCUT2D eigenvalue weighted by molar-refractivity contribution is -0.137. The zero-order valence-corrected chi connectivity index (χ0v) is 15.9. The van der Waals surface area contributed by atoms with E-state index in [0.29, 0.717) is 5.56 Å². The first kappa shape index (κ1) is 20.4. The predicted molar refractivity (Wildman–Crippen MR) is 101 cm³/mol. The summed E-state index contributed by atoms with van der Waals surface area (Å²) in [7, 11) is 1.66. The van der Waals surface area contributed by atoms with E-state index in [1.165, 1.54) is 23.4 Å². The molecule has 9 heteroatoms. The largest absolute Gasteiger partial charge is 0.416 e. The Labute approximate surface area is 166 Å². The third-order valence-electron chi connectivity index (χ3n) is 4.69. The van der Waals surface area contributed by atoms with E-state index in [1.54, 1.807) is 18.1 Å². The lowest BCUT2D eigenvalue weighted by atomic mass is 10.1. The molecule has 1 atom stereocenters. The molecule has 29 heavy (non-hydrogen) atoms. The van der Waals surface area contributed by atoms with Crippen LogP contribution in [-0.4, -0.2) is 32.7 Å². The molecule has 0 aliphatic heterocycles. The lowest BCUT2D eigenvalue weighted by Crippen LogP contribution is -2.38. The van der Waals surface area contributed by atoms with Gasteiger partial charge in [0, 0.05) is 13.6 Å². The van der Waals surface area contributed by atoms with Gasteiger partial charge < -0.3 is 10.2 Å². The summed E-state index contributed by atoms with van der Waals surface area (Å²) in [5.74, 6) is 0. The highest BCUT2D eigenvalue weighted by Crippen LogP contribution is 2.29. The number of carbonyl (C=O) groups is 1. The van der Waals surface area contributed by atoms with Crippen LogP contribution in [0, 0.1) is 0 Å². The number of benzene rings is 2. The van der Waals surface area contributed by atoms with Gasteiger partial charge >= 0.3 is 12.2 Å². The van der Waals surface area contributed by atoms with Crippen molar-refractivity contribution in [2.45, 2.75) is 25.7 Å². The van der Waals surface area contributed by atoms with Gasteiger partial charge in [-0.2, -0.15) is 18.3 Å². The standard InChI is InChI=1S/C20H20F3N5O/c1-14(16-5-9-18(10-6-16)28-13-24-12-26-28)27(2)19(29)25-11-15-3-7-17(8-4-15)20(21,22)23/h3-10,12-14H,11H2,1-2H3,(H,25,29). The highest BCUT2D eigenvalue weighted by molar-refractivity contribution is 5.74. The van der Waals surface area contributed by atoms with E-state index in [0.717, 1.165) is 23.4 Å². The zero-order valence-electron chi connectivity index (χ0n) is 15.9. The first-order valence-corrected chi connectivity index (χ1v) is 8.87. The summed E-state index contributed by atoms with van der Waals surface area (Å²) in [6.07, 6.45) is -1.33. The summed E-state index contributed by atoms with van der Waals surface area (Å²) in [6.45, 7) is 2.03. The molecule has 0 radical (unpaired) electrons. The number of nitrogens with one attached hydrogen (secondary N) is 1. The van der Waals surface area contributed by atoms with Crippen LogP contribution >= 0.6 is 0 Å². The second-order valence-corrected chi connectivity index (χ2v) is 6.57. The average Bonchev–Trinajstić information content (AvgIpc) is 3.25. The smallest absolute Gasteiger partial charge is 0.334 e. The molecule has 0 fully saturated rings. The van der Waals surface area contributed by atoms with Gasteiger partial charge in [0.05, 0.1) is 17.3 Å². The topological polar surface area (TPSA) is 63.1 Å². The Hall–Kier alpha value is -3.36. The Kier molecular flexibility index (Phi) is 5.86. The molecule has 0 aliphatic rings. The molecule has 3 rings (SSSR count). The molecule has 1 unspecified atom stereocenters. The Morgan fingerprint density at radius 3 is 2.34 bits per heavy atom. The number of hydrogen-bond acceptors (Lipinski definition) is 3. The van der Waals surface area contributed by atoms with E-state index in [2.05, 4.69) is 15.4 Å². The number of halogens is 3. The second-order valence-electron chi connectivity index (χ2n) is 6.57. The molecule has 1 aromatic heterocycles. The Bertz CT molecular complexity index is 938. The summed E-state index contributed by atoms with van der Waals surface area (Å²) in [4.78, 5) is 17.9. The van der Waals surface area contributed by atoms with Crippen molar-refractivity contribution in [3.8, 4) is 5.69 Å². The van der Waals surface area contributed by atoms with Gasteiger partial charge in [0.2, 0.25) is 0 Å². The van der Waals surface area contributed by atoms with Crippen molar-refractivity contribution >= 4 is 6.03 Å². The molecule has 0 saturated carbocycles. The van der Waals surface area contributed by atoms with Crippen LogP contribution in [0.3, 0.4) is 0 Å². The minimum atomic E-state index is -4.37. The van der Waals surface area contributed by atoms with Crippen LogP contribution in [0.1, 0.15) is 29.7 Å². The average molecular weight is 403 g/mol. The quantitative estimate of drug-likeness (QED) is 0.695. The molecule has 0 aliphatic carbocycles. The molecule has 0 spiro atoms. The third-order valence-corrected chi connectivity index (χ3v) is 4.69. The fourth-order valence-corrected chi connectivity index (χ4v) is 2.76. The monoisotopic (exact) mass is 403 g/mol. The molecule has 1 heterocycles. The van der Waals surface area contributed by atoms with Crippen LogP contribution < -0.4 is 5.32 Å². The zero-order chi connectivity index (χ0) is 21.0. The van der Waals surface area contributed by atoms with Gasteiger partial charge in [-0.25, -0.2) is 14.5 Å². The predicted octanol–water partition coefficient (Wildman–Crippen LogP) is 4.19. The minimum absolute atomic E-state index is 0.138. The van der Waals surface area contributed by atoms with Crippen molar-refractivity contribution in [3.63, 3.8) is 0 Å². The molecule has 152 valence electrons. The van der Waals surface area contributed by atoms with Crippen molar-refractivity contribution in [2.24, 2.45) is 0 Å². The highest BCUT2D eigenvalue weighted by Gasteiger charge is 2.29. The van der Waals surface area contributed by atoms with Crippen LogP contribution in [0.5, 0.6) is 0 Å². The fourth-order valence-electron chi connectivity index (χ4n) is 2.76. The van der Waals surface area contributed by atoms with Gasteiger partial charge in [0.25, 0.3) is 0 Å². The van der Waals surface area contributed by atoms with Crippen LogP contribution in [-0.2, 0) is 12.7 Å². The number of urea groups is 1. The van der Waals surface area contributed by atoms with Gasteiger partial charge in [0.1, 0.15) is 12.7 Å². The molecule has 2 amide bonds. The van der Waals surface area contributed by atoms with E-state index in [-0.39, 0.29) is 18.6 Å². The Morgan fingerprint density at radius 2 is 1.79 bits per heavy atom. The van der Waals surface area contributed by atoms with Gasteiger partial charge in [-0.3, -0.25) is 0 Å². The van der Waals surface area contributed by atoms with Crippen molar-refractivity contribution in [1.82, 2.24) is 25.0 Å². The Balaban J connectivity index is 1.58. The van der Waals surface area contributed by atoms with Gasteiger partial charge in [-0.15, -0.1) is 0 Å². The van der Waals surface area contributed by atoms with Crippen molar-refractivity contribution < 1.29 is 18.0 Å². The molecule has 1 N–H and O–H groups in total. The summed E-state index contributed by atoms with van der Waals surface area (Å²) in [6, 6.07) is 11.8. The normalized spacial score (nSPS) is 12.4. The maximum Gasteiger partial charge on any atom is 0.416 e. The number of nitrogens with zero attached hydrogens (tertiary/aromatic N) is 4. The number of aromatic nitrogens is 3. The SMILES string of the molecule is CC(c1ccc(-n2cncn2)cc1)N(C)C(=O)NCc1ccc(C(F)(F)F)cc1. The maximum atomic E-state index is 12.6. The van der Waals surface area contributed by atoms with Crippen molar-refractivity contribution in [3.05, 3.63) is 77.9 Å². The first-order chi connectivity index (χ1) is 13.8. The summed E-state index contributed by atoms with van der Waals surface area (Å²) >= 11 is 0. The van der Waals surface area contributed by atoms with E-state index in [4.69, 9.17) is 0 Å². The van der Waals surface area contributed by atoms with Crippen LogP contribution in [0.25, 0.3) is 5.69 Å². The summed E-state index contributed by atoms with van der Waals surface area (Å²) in [5.41, 5.74) is 1.66. The highest BCUT2D eigenvalue weighted by atomic mass is 19.4. The minimum Gasteiger partial charge on any atom is -0.334 e. The number of amides is 2. The number of carbonyl (C=O) groups excluding carboxylic acids is 1. The second kappa shape index (κ2) is 8.34. The molecule has 2 aromatic carbocycles. The first-order valence-electron chi connectivity index (χ1n) is 8.87. The van der Waals surface area contributed by atoms with Gasteiger partial charge in [-0.05, 0) is 42.3 Å². The van der Waals surface area contributed by atoms with E-state index in [1.807, 2.05) is 31.2 Å². The molecular weight excluding hydrogens is 383 g/mol. The van der Waals surface area contributed by atoms with Gasteiger partial charge in [0.15, 0.2) is 0 Å². The van der Waals surface area contributed by atoms with Crippen molar-refractivity contribution in [1.29, 1.82) is 0 Å². The maximum absolute atomic E-state index is 12.6. The molecule has 0 bridgehead atoms. The van der Waals surface area contributed by atoms with Crippen LogP contribution in [0.15, 0.2) is 61.2 Å². The van der Waals surface area contributed by atoms with E-state index >= 15 is 0 Å². The molecule has 3 aromatic rings. The van der Waals surface area contributed by atoms with E-state index in [9.17, 15) is 18.0 Å². The fraction of sp³-hybridized carbons (Fsp3) is 0.250. The number of alkyl halides is 3. The number of rotatable bonds is 5. The molecule has 6 nitrogen and oxygen atoms in total. The Morgan fingerprint density at radius 1 is 1.14 bits per heavy atom. The molecule has 0 saturated heterocycles. The van der Waals surface area contributed by atoms with Crippen molar-refractivity contribution in [2.75, 3.05) is 7.05 Å². The van der Waals surface area contributed by atoms with Gasteiger partial charge in [-0.1, -0.05) is 24.3 Å². The van der Waals surface area contributed by atoms with Crippen LogP contribution in [0.4, 0.5) is 18.0 Å². The van der Waals surface area contributed by atoms with E-state index < -0.39 is 11.7 Å². The summed E-state index contributed by atoms with van der Waals surface area (Å²) < 4.78 is 39.5.